The second kappa shape index (κ2) is 8.14. The first-order valence-electron chi connectivity index (χ1n) is 8.48. The summed E-state index contributed by atoms with van der Waals surface area (Å²) in [7, 11) is 0. The lowest BCUT2D eigenvalue weighted by Crippen LogP contribution is -2.43. The molecule has 0 aliphatic carbocycles. The number of carbonyl (C=O) groups is 3. The van der Waals surface area contributed by atoms with Gasteiger partial charge < -0.3 is 9.47 Å². The summed E-state index contributed by atoms with van der Waals surface area (Å²) in [5.41, 5.74) is 0.238. The molecular weight excluding hydrogens is 322 g/mol. The Morgan fingerprint density at radius 2 is 1.84 bits per heavy atom. The van der Waals surface area contributed by atoms with Crippen molar-refractivity contribution in [3.05, 3.63) is 35.9 Å². The molecule has 1 aliphatic rings. The SMILES string of the molecule is CC(C)(C)OC(=O)N1CCCC1C(=O)CC(=O)OCc1ccccc1. The number of carbonyl (C=O) groups excluding carboxylic acids is 3. The largest absolute Gasteiger partial charge is 0.460 e. The molecule has 6 heteroatoms. The van der Waals surface area contributed by atoms with Gasteiger partial charge >= 0.3 is 12.1 Å². The number of ether oxygens (including phenoxy) is 2. The number of hydrogen-bond acceptors (Lipinski definition) is 5. The van der Waals surface area contributed by atoms with Crippen molar-refractivity contribution < 1.29 is 23.9 Å². The molecule has 0 aromatic heterocycles. The molecule has 0 spiro atoms. The van der Waals surface area contributed by atoms with E-state index in [9.17, 15) is 14.4 Å². The molecular formula is C19H25NO5. The van der Waals surface area contributed by atoms with E-state index in [1.165, 1.54) is 4.90 Å². The quantitative estimate of drug-likeness (QED) is 0.604. The Hall–Kier alpha value is -2.37. The summed E-state index contributed by atoms with van der Waals surface area (Å²) >= 11 is 0. The lowest BCUT2D eigenvalue weighted by molar-refractivity contribution is -0.148. The van der Waals surface area contributed by atoms with Crippen LogP contribution in [0.3, 0.4) is 0 Å². The van der Waals surface area contributed by atoms with Crippen LogP contribution in [0.2, 0.25) is 0 Å². The molecule has 1 unspecified atom stereocenters. The van der Waals surface area contributed by atoms with E-state index in [-0.39, 0.29) is 18.8 Å². The summed E-state index contributed by atoms with van der Waals surface area (Å²) in [5, 5.41) is 0. The fourth-order valence-corrected chi connectivity index (χ4v) is 2.69. The molecule has 1 aromatic carbocycles. The molecule has 2 rings (SSSR count). The maximum atomic E-state index is 12.4. The summed E-state index contributed by atoms with van der Waals surface area (Å²) in [6.07, 6.45) is 0.413. The normalized spacial score (nSPS) is 17.2. The van der Waals surface area contributed by atoms with Crippen LogP contribution in [0.25, 0.3) is 0 Å². The first-order valence-corrected chi connectivity index (χ1v) is 8.48. The maximum absolute atomic E-state index is 12.4. The first-order chi connectivity index (χ1) is 11.8. The van der Waals surface area contributed by atoms with Crippen molar-refractivity contribution in [2.24, 2.45) is 0 Å². The molecule has 0 N–H and O–H groups in total. The maximum Gasteiger partial charge on any atom is 0.410 e. The van der Waals surface area contributed by atoms with E-state index in [0.717, 1.165) is 5.56 Å². The van der Waals surface area contributed by atoms with Crippen LogP contribution >= 0.6 is 0 Å². The van der Waals surface area contributed by atoms with Gasteiger partial charge in [-0.05, 0) is 39.2 Å². The van der Waals surface area contributed by atoms with Crippen LogP contribution in [0.4, 0.5) is 4.79 Å². The molecule has 0 radical (unpaired) electrons. The standard InChI is InChI=1S/C19H25NO5/c1-19(2,3)25-18(23)20-11-7-10-15(20)16(21)12-17(22)24-13-14-8-5-4-6-9-14/h4-6,8-9,15H,7,10-13H2,1-3H3. The third-order valence-electron chi connectivity index (χ3n) is 3.81. The Labute approximate surface area is 148 Å². The molecule has 1 heterocycles. The van der Waals surface area contributed by atoms with Crippen LogP contribution < -0.4 is 0 Å². The minimum atomic E-state index is -0.623. The van der Waals surface area contributed by atoms with E-state index in [4.69, 9.17) is 9.47 Å². The van der Waals surface area contributed by atoms with Crippen molar-refractivity contribution in [1.82, 2.24) is 4.90 Å². The second-order valence-electron chi connectivity index (χ2n) is 7.12. The summed E-state index contributed by atoms with van der Waals surface area (Å²) < 4.78 is 10.5. The Balaban J connectivity index is 1.86. The van der Waals surface area contributed by atoms with Gasteiger partial charge in [-0.2, -0.15) is 0 Å². The molecule has 6 nitrogen and oxygen atoms in total. The number of benzene rings is 1. The number of rotatable bonds is 5. The smallest absolute Gasteiger partial charge is 0.410 e. The fraction of sp³-hybridized carbons (Fsp3) is 0.526. The van der Waals surface area contributed by atoms with Gasteiger partial charge in [0.2, 0.25) is 0 Å². The molecule has 136 valence electrons. The fourth-order valence-electron chi connectivity index (χ4n) is 2.69. The van der Waals surface area contributed by atoms with Crippen LogP contribution in [-0.2, 0) is 25.7 Å². The van der Waals surface area contributed by atoms with Crippen molar-refractivity contribution in [3.63, 3.8) is 0 Å². The molecule has 1 aliphatic heterocycles. The third-order valence-corrected chi connectivity index (χ3v) is 3.81. The summed E-state index contributed by atoms with van der Waals surface area (Å²) in [6, 6.07) is 8.66. The third kappa shape index (κ3) is 5.89. The van der Waals surface area contributed by atoms with Crippen LogP contribution in [-0.4, -0.2) is 40.9 Å². The Morgan fingerprint density at radius 1 is 1.16 bits per heavy atom. The molecule has 1 fully saturated rings. The minimum Gasteiger partial charge on any atom is -0.460 e. The number of hydrogen-bond donors (Lipinski definition) is 0. The van der Waals surface area contributed by atoms with Gasteiger partial charge in [0.1, 0.15) is 18.6 Å². The Bertz CT molecular complexity index is 620. The van der Waals surface area contributed by atoms with E-state index >= 15 is 0 Å². The predicted molar refractivity (Wildman–Crippen MR) is 91.8 cm³/mol. The second-order valence-corrected chi connectivity index (χ2v) is 7.12. The number of amides is 1. The topological polar surface area (TPSA) is 72.9 Å². The zero-order valence-corrected chi connectivity index (χ0v) is 15.0. The highest BCUT2D eigenvalue weighted by molar-refractivity contribution is 5.99. The molecule has 0 bridgehead atoms. The molecule has 1 amide bonds. The lowest BCUT2D eigenvalue weighted by atomic mass is 10.1. The summed E-state index contributed by atoms with van der Waals surface area (Å²) in [5.74, 6) is -0.883. The van der Waals surface area contributed by atoms with Crippen molar-refractivity contribution in [2.45, 2.75) is 58.3 Å². The average molecular weight is 347 g/mol. The monoisotopic (exact) mass is 347 g/mol. The predicted octanol–water partition coefficient (Wildman–Crippen LogP) is 3.09. The highest BCUT2D eigenvalue weighted by Gasteiger charge is 2.37. The van der Waals surface area contributed by atoms with Gasteiger partial charge in [-0.15, -0.1) is 0 Å². The number of ketones is 1. The lowest BCUT2D eigenvalue weighted by Gasteiger charge is -2.27. The van der Waals surface area contributed by atoms with E-state index < -0.39 is 23.7 Å². The number of esters is 1. The zero-order valence-electron chi connectivity index (χ0n) is 15.0. The van der Waals surface area contributed by atoms with Crippen molar-refractivity contribution in [2.75, 3.05) is 6.54 Å². The van der Waals surface area contributed by atoms with Gasteiger partial charge in [-0.25, -0.2) is 4.79 Å². The highest BCUT2D eigenvalue weighted by Crippen LogP contribution is 2.22. The van der Waals surface area contributed by atoms with Gasteiger partial charge in [0.25, 0.3) is 0 Å². The van der Waals surface area contributed by atoms with E-state index in [1.54, 1.807) is 20.8 Å². The Kier molecular flexibility index (Phi) is 6.17. The molecule has 1 saturated heterocycles. The number of likely N-dealkylation sites (tertiary alicyclic amines) is 1. The van der Waals surface area contributed by atoms with Crippen molar-refractivity contribution in [3.8, 4) is 0 Å². The van der Waals surface area contributed by atoms with Gasteiger partial charge in [-0.1, -0.05) is 30.3 Å². The molecule has 1 atom stereocenters. The van der Waals surface area contributed by atoms with Crippen LogP contribution in [0.5, 0.6) is 0 Å². The zero-order chi connectivity index (χ0) is 18.4. The van der Waals surface area contributed by atoms with Crippen LogP contribution in [0.15, 0.2) is 30.3 Å². The average Bonchev–Trinajstić information content (AvgIpc) is 3.02. The Morgan fingerprint density at radius 3 is 2.48 bits per heavy atom. The van der Waals surface area contributed by atoms with Gasteiger partial charge in [0.05, 0.1) is 6.04 Å². The van der Waals surface area contributed by atoms with Crippen LogP contribution in [0, 0.1) is 0 Å². The van der Waals surface area contributed by atoms with E-state index in [0.29, 0.717) is 19.4 Å². The minimum absolute atomic E-state index is 0.132. The van der Waals surface area contributed by atoms with Crippen LogP contribution in [0.1, 0.15) is 45.6 Å². The summed E-state index contributed by atoms with van der Waals surface area (Å²) in [4.78, 5) is 37.9. The molecule has 25 heavy (non-hydrogen) atoms. The molecule has 0 saturated carbocycles. The number of Topliss-reactive ketones (excluding diaryl/α,β-unsaturated/α-hetero) is 1. The molecule has 1 aromatic rings. The van der Waals surface area contributed by atoms with Gasteiger partial charge in [0.15, 0.2) is 5.78 Å². The first kappa shape index (κ1) is 19.0. The highest BCUT2D eigenvalue weighted by atomic mass is 16.6. The van der Waals surface area contributed by atoms with E-state index in [1.807, 2.05) is 30.3 Å². The van der Waals surface area contributed by atoms with Gasteiger partial charge in [-0.3, -0.25) is 14.5 Å². The van der Waals surface area contributed by atoms with E-state index in [2.05, 4.69) is 0 Å². The summed E-state index contributed by atoms with van der Waals surface area (Å²) in [6.45, 7) is 5.92. The number of nitrogens with zero attached hydrogens (tertiary/aromatic N) is 1. The van der Waals surface area contributed by atoms with Crippen molar-refractivity contribution in [1.29, 1.82) is 0 Å². The van der Waals surface area contributed by atoms with Gasteiger partial charge in [0, 0.05) is 6.54 Å². The van der Waals surface area contributed by atoms with Crippen molar-refractivity contribution >= 4 is 17.8 Å².